The standard InChI is InChI=1S/C22H23N3O3/c1-3-19-21(15(2)28-23-19)22(27)24-10-9-17-11-20(26)25(14-18(17)13-24)12-16-7-5-4-6-8-16/h4-8,11,14H,3,9-10,12-13H2,1-2H3. The number of rotatable bonds is 4. The normalized spacial score (nSPS) is 13.4. The maximum atomic E-state index is 13.1. The fourth-order valence-corrected chi connectivity index (χ4v) is 3.74. The smallest absolute Gasteiger partial charge is 0.259 e. The van der Waals surface area contributed by atoms with Crippen molar-refractivity contribution in [3.63, 3.8) is 0 Å². The van der Waals surface area contributed by atoms with E-state index in [0.29, 0.717) is 49.5 Å². The molecule has 1 aromatic carbocycles. The molecule has 3 aromatic rings. The molecule has 6 nitrogen and oxygen atoms in total. The number of fused-ring (bicyclic) bond motifs is 1. The first-order valence-electron chi connectivity index (χ1n) is 9.57. The Labute approximate surface area is 163 Å². The fourth-order valence-electron chi connectivity index (χ4n) is 3.74. The molecule has 3 heterocycles. The summed E-state index contributed by atoms with van der Waals surface area (Å²) in [5.41, 5.74) is 4.37. The SMILES string of the molecule is CCc1noc(C)c1C(=O)N1CCc2cc(=O)n(Cc3ccccc3)cc2C1. The Balaban J connectivity index is 1.61. The van der Waals surface area contributed by atoms with Crippen LogP contribution in [0.2, 0.25) is 0 Å². The van der Waals surface area contributed by atoms with Gasteiger partial charge in [-0.3, -0.25) is 9.59 Å². The van der Waals surface area contributed by atoms with E-state index in [1.807, 2.05) is 48.4 Å². The molecule has 0 aliphatic carbocycles. The molecule has 6 heteroatoms. The maximum Gasteiger partial charge on any atom is 0.259 e. The quantitative estimate of drug-likeness (QED) is 0.701. The first-order chi connectivity index (χ1) is 13.6. The van der Waals surface area contributed by atoms with Crippen LogP contribution in [0.1, 0.15) is 45.4 Å². The van der Waals surface area contributed by atoms with Crippen molar-refractivity contribution in [1.29, 1.82) is 0 Å². The molecule has 0 spiro atoms. The Morgan fingerprint density at radius 1 is 1.21 bits per heavy atom. The Morgan fingerprint density at radius 2 is 2.00 bits per heavy atom. The van der Waals surface area contributed by atoms with E-state index in [1.165, 1.54) is 0 Å². The van der Waals surface area contributed by atoms with Gasteiger partial charge in [0.2, 0.25) is 0 Å². The molecule has 0 N–H and O–H groups in total. The van der Waals surface area contributed by atoms with Gasteiger partial charge >= 0.3 is 0 Å². The van der Waals surface area contributed by atoms with Crippen molar-refractivity contribution in [3.05, 3.63) is 86.7 Å². The first-order valence-corrected chi connectivity index (χ1v) is 9.57. The van der Waals surface area contributed by atoms with Gasteiger partial charge in [-0.05, 0) is 36.5 Å². The molecule has 144 valence electrons. The maximum absolute atomic E-state index is 13.1. The van der Waals surface area contributed by atoms with Crippen LogP contribution < -0.4 is 5.56 Å². The molecule has 28 heavy (non-hydrogen) atoms. The van der Waals surface area contributed by atoms with Crippen molar-refractivity contribution < 1.29 is 9.32 Å². The number of hydrogen-bond donors (Lipinski definition) is 0. The zero-order valence-electron chi connectivity index (χ0n) is 16.1. The van der Waals surface area contributed by atoms with E-state index in [9.17, 15) is 9.59 Å². The predicted molar refractivity (Wildman–Crippen MR) is 105 cm³/mol. The van der Waals surface area contributed by atoms with E-state index in [4.69, 9.17) is 4.52 Å². The Morgan fingerprint density at radius 3 is 2.75 bits per heavy atom. The predicted octanol–water partition coefficient (Wildman–Crippen LogP) is 2.95. The summed E-state index contributed by atoms with van der Waals surface area (Å²) in [6, 6.07) is 11.6. The highest BCUT2D eigenvalue weighted by atomic mass is 16.5. The van der Waals surface area contributed by atoms with Crippen molar-refractivity contribution in [3.8, 4) is 0 Å². The lowest BCUT2D eigenvalue weighted by molar-refractivity contribution is 0.0731. The minimum Gasteiger partial charge on any atom is -0.361 e. The van der Waals surface area contributed by atoms with Crippen LogP contribution in [0.4, 0.5) is 0 Å². The highest BCUT2D eigenvalue weighted by molar-refractivity contribution is 5.96. The zero-order chi connectivity index (χ0) is 19.7. The van der Waals surface area contributed by atoms with Crippen molar-refractivity contribution in [2.45, 2.75) is 39.8 Å². The van der Waals surface area contributed by atoms with Gasteiger partial charge in [-0.25, -0.2) is 0 Å². The molecular formula is C22H23N3O3. The van der Waals surface area contributed by atoms with Gasteiger partial charge in [0, 0.05) is 25.4 Å². The van der Waals surface area contributed by atoms with Crippen molar-refractivity contribution in [2.75, 3.05) is 6.54 Å². The lowest BCUT2D eigenvalue weighted by atomic mass is 10.0. The first kappa shape index (κ1) is 18.2. The summed E-state index contributed by atoms with van der Waals surface area (Å²) in [5, 5.41) is 4.00. The molecule has 2 aromatic heterocycles. The fraction of sp³-hybridized carbons (Fsp3) is 0.318. The van der Waals surface area contributed by atoms with Gasteiger partial charge < -0.3 is 14.0 Å². The van der Waals surface area contributed by atoms with Crippen LogP contribution in [0.15, 0.2) is 51.9 Å². The van der Waals surface area contributed by atoms with Gasteiger partial charge in [-0.2, -0.15) is 0 Å². The number of pyridine rings is 1. The van der Waals surface area contributed by atoms with Crippen LogP contribution in [-0.2, 0) is 25.9 Å². The van der Waals surface area contributed by atoms with Gasteiger partial charge in [0.05, 0.1) is 12.2 Å². The van der Waals surface area contributed by atoms with E-state index in [2.05, 4.69) is 5.16 Å². The molecule has 0 bridgehead atoms. The monoisotopic (exact) mass is 377 g/mol. The summed E-state index contributed by atoms with van der Waals surface area (Å²) in [7, 11) is 0. The van der Waals surface area contributed by atoms with Crippen LogP contribution in [0.5, 0.6) is 0 Å². The number of benzene rings is 1. The molecule has 1 aliphatic rings. The molecule has 0 saturated carbocycles. The van der Waals surface area contributed by atoms with Crippen LogP contribution in [0.25, 0.3) is 0 Å². The number of aromatic nitrogens is 2. The summed E-state index contributed by atoms with van der Waals surface area (Å²) in [4.78, 5) is 27.4. The van der Waals surface area contributed by atoms with Crippen LogP contribution >= 0.6 is 0 Å². The van der Waals surface area contributed by atoms with Gasteiger partial charge in [-0.1, -0.05) is 42.4 Å². The number of aryl methyl sites for hydroxylation is 2. The van der Waals surface area contributed by atoms with Crippen LogP contribution in [0, 0.1) is 6.92 Å². The summed E-state index contributed by atoms with van der Waals surface area (Å²) in [6.07, 6.45) is 3.22. The minimum atomic E-state index is -0.0536. The van der Waals surface area contributed by atoms with Gasteiger partial charge in [0.1, 0.15) is 11.3 Å². The summed E-state index contributed by atoms with van der Waals surface area (Å²) < 4.78 is 6.94. The number of hydrogen-bond acceptors (Lipinski definition) is 4. The second kappa shape index (κ2) is 7.46. The van der Waals surface area contributed by atoms with Crippen molar-refractivity contribution in [2.24, 2.45) is 0 Å². The average molecular weight is 377 g/mol. The summed E-state index contributed by atoms with van der Waals surface area (Å²) in [6.45, 7) is 5.32. The third-order valence-corrected chi connectivity index (χ3v) is 5.28. The Bertz CT molecular complexity index is 1070. The topological polar surface area (TPSA) is 68.3 Å². The highest BCUT2D eigenvalue weighted by Gasteiger charge is 2.27. The van der Waals surface area contributed by atoms with Gasteiger partial charge in [-0.15, -0.1) is 0 Å². The number of carbonyl (C=O) groups is 1. The molecule has 0 atom stereocenters. The third kappa shape index (κ3) is 3.38. The lowest BCUT2D eigenvalue weighted by Gasteiger charge is -2.29. The van der Waals surface area contributed by atoms with Crippen LogP contribution in [-0.4, -0.2) is 27.1 Å². The minimum absolute atomic E-state index is 0.00877. The van der Waals surface area contributed by atoms with E-state index < -0.39 is 0 Å². The second-order valence-corrected chi connectivity index (χ2v) is 7.17. The molecule has 1 aliphatic heterocycles. The zero-order valence-corrected chi connectivity index (χ0v) is 16.1. The average Bonchev–Trinajstić information content (AvgIpc) is 3.09. The van der Waals surface area contributed by atoms with E-state index >= 15 is 0 Å². The molecule has 0 saturated heterocycles. The number of amides is 1. The summed E-state index contributed by atoms with van der Waals surface area (Å²) in [5.74, 6) is 0.503. The van der Waals surface area contributed by atoms with Gasteiger partial charge in [0.25, 0.3) is 11.5 Å². The van der Waals surface area contributed by atoms with Gasteiger partial charge in [0.15, 0.2) is 0 Å². The molecule has 0 radical (unpaired) electrons. The van der Waals surface area contributed by atoms with Crippen molar-refractivity contribution >= 4 is 5.91 Å². The van der Waals surface area contributed by atoms with E-state index in [0.717, 1.165) is 16.7 Å². The molecule has 4 rings (SSSR count). The second-order valence-electron chi connectivity index (χ2n) is 7.17. The van der Waals surface area contributed by atoms with E-state index in [1.54, 1.807) is 17.6 Å². The van der Waals surface area contributed by atoms with Crippen LogP contribution in [0.3, 0.4) is 0 Å². The Hall–Kier alpha value is -3.15. The number of nitrogens with zero attached hydrogens (tertiary/aromatic N) is 3. The summed E-state index contributed by atoms with van der Waals surface area (Å²) >= 11 is 0. The molecule has 0 fully saturated rings. The third-order valence-electron chi connectivity index (χ3n) is 5.28. The number of carbonyl (C=O) groups excluding carboxylic acids is 1. The largest absolute Gasteiger partial charge is 0.361 e. The van der Waals surface area contributed by atoms with E-state index in [-0.39, 0.29) is 11.5 Å². The molecular weight excluding hydrogens is 354 g/mol. The lowest BCUT2D eigenvalue weighted by Crippen LogP contribution is -2.38. The van der Waals surface area contributed by atoms with Crippen molar-refractivity contribution in [1.82, 2.24) is 14.6 Å². The molecule has 0 unspecified atom stereocenters. The molecule has 1 amide bonds. The Kier molecular flexibility index (Phi) is 4.86. The highest BCUT2D eigenvalue weighted by Crippen LogP contribution is 2.22.